The van der Waals surface area contributed by atoms with Crippen LogP contribution in [0.15, 0.2) is 23.2 Å². The lowest BCUT2D eigenvalue weighted by molar-refractivity contribution is 0.0268. The molecule has 2 rings (SSSR count). The van der Waals surface area contributed by atoms with Gasteiger partial charge < -0.3 is 25.2 Å². The largest absolute Gasteiger partial charge is 0.377 e. The Kier molecular flexibility index (Phi) is 11.2. The van der Waals surface area contributed by atoms with Crippen LogP contribution >= 0.6 is 24.0 Å². The third-order valence-electron chi connectivity index (χ3n) is 5.17. The molecule has 1 fully saturated rings. The second kappa shape index (κ2) is 12.5. The molecule has 0 saturated carbocycles. The predicted octanol–water partition coefficient (Wildman–Crippen LogP) is 3.07. The summed E-state index contributed by atoms with van der Waals surface area (Å²) in [6, 6.07) is 5.46. The van der Waals surface area contributed by atoms with Gasteiger partial charge in [-0.25, -0.2) is 9.38 Å². The fourth-order valence-corrected chi connectivity index (χ4v) is 3.09. The monoisotopic (exact) mass is 521 g/mol. The number of aliphatic imine (C=N–C) groups is 1. The van der Waals surface area contributed by atoms with Crippen molar-refractivity contribution in [2.45, 2.75) is 39.8 Å². The Morgan fingerprint density at radius 1 is 1.17 bits per heavy atom. The molecule has 8 heteroatoms. The van der Waals surface area contributed by atoms with Crippen molar-refractivity contribution in [1.29, 1.82) is 0 Å². The quantitative estimate of drug-likeness (QED) is 0.313. The molecule has 0 spiro atoms. The van der Waals surface area contributed by atoms with Crippen LogP contribution in [0.25, 0.3) is 0 Å². The van der Waals surface area contributed by atoms with Crippen LogP contribution in [0.2, 0.25) is 0 Å². The van der Waals surface area contributed by atoms with E-state index in [0.717, 1.165) is 44.8 Å². The van der Waals surface area contributed by atoms with Gasteiger partial charge in [0.25, 0.3) is 0 Å². The number of anilines is 1. The Morgan fingerprint density at radius 3 is 2.41 bits per heavy atom. The second-order valence-electron chi connectivity index (χ2n) is 7.72. The molecule has 1 aliphatic rings. The SMILES string of the molecule is CCNC(=NCc1ccc(N2CCN(CC)CC2)c(F)c1)NCC(C)(C)OC.I. The molecule has 2 N–H and O–H groups in total. The molecule has 0 aliphatic carbocycles. The van der Waals surface area contributed by atoms with Crippen LogP contribution in [0, 0.1) is 5.82 Å². The highest BCUT2D eigenvalue weighted by Crippen LogP contribution is 2.22. The minimum Gasteiger partial charge on any atom is -0.377 e. The molecule has 6 nitrogen and oxygen atoms in total. The molecular formula is C21H37FIN5O. The lowest BCUT2D eigenvalue weighted by Gasteiger charge is -2.35. The number of rotatable bonds is 8. The Labute approximate surface area is 192 Å². The summed E-state index contributed by atoms with van der Waals surface area (Å²) >= 11 is 0. The van der Waals surface area contributed by atoms with E-state index in [0.29, 0.717) is 24.7 Å². The first kappa shape index (κ1) is 25.9. The highest BCUT2D eigenvalue weighted by Gasteiger charge is 2.19. The molecule has 0 bridgehead atoms. The van der Waals surface area contributed by atoms with E-state index in [2.05, 4.69) is 32.3 Å². The topological polar surface area (TPSA) is 52.1 Å². The maximum atomic E-state index is 14.7. The number of hydrogen-bond donors (Lipinski definition) is 2. The normalized spacial score (nSPS) is 15.8. The first-order valence-electron chi connectivity index (χ1n) is 10.2. The maximum absolute atomic E-state index is 14.7. The first-order chi connectivity index (χ1) is 13.4. The minimum atomic E-state index is -0.286. The van der Waals surface area contributed by atoms with Gasteiger partial charge >= 0.3 is 0 Å². The van der Waals surface area contributed by atoms with Gasteiger partial charge in [0.1, 0.15) is 5.82 Å². The lowest BCUT2D eigenvalue weighted by atomic mass is 10.1. The third-order valence-corrected chi connectivity index (χ3v) is 5.17. The summed E-state index contributed by atoms with van der Waals surface area (Å²) in [5.41, 5.74) is 1.26. The summed E-state index contributed by atoms with van der Waals surface area (Å²) in [6.45, 7) is 14.8. The molecule has 1 aromatic rings. The third kappa shape index (κ3) is 8.25. The standard InChI is InChI=1S/C21H36FN5O.HI/c1-6-23-20(25-16-21(3,4)28-5)24-15-17-8-9-19(18(22)14-17)27-12-10-26(7-2)11-13-27;/h8-9,14H,6-7,10-13,15-16H2,1-5H3,(H2,23,24,25);1H. The first-order valence-corrected chi connectivity index (χ1v) is 10.2. The van der Waals surface area contributed by atoms with E-state index < -0.39 is 0 Å². The molecular weight excluding hydrogens is 484 g/mol. The van der Waals surface area contributed by atoms with Crippen LogP contribution in [0.5, 0.6) is 0 Å². The molecule has 0 aromatic heterocycles. The fourth-order valence-electron chi connectivity index (χ4n) is 3.09. The Balaban J connectivity index is 0.00000420. The van der Waals surface area contributed by atoms with E-state index in [4.69, 9.17) is 4.74 Å². The van der Waals surface area contributed by atoms with Crippen molar-refractivity contribution >= 4 is 35.6 Å². The summed E-state index contributed by atoms with van der Waals surface area (Å²) in [7, 11) is 1.69. The van der Waals surface area contributed by atoms with E-state index in [1.165, 1.54) is 0 Å². The van der Waals surface area contributed by atoms with Gasteiger partial charge in [-0.15, -0.1) is 24.0 Å². The number of nitrogens with one attached hydrogen (secondary N) is 2. The van der Waals surface area contributed by atoms with Crippen molar-refractivity contribution in [3.63, 3.8) is 0 Å². The van der Waals surface area contributed by atoms with E-state index in [1.807, 2.05) is 32.9 Å². The van der Waals surface area contributed by atoms with Gasteiger partial charge in [0, 0.05) is 46.4 Å². The molecule has 0 amide bonds. The molecule has 29 heavy (non-hydrogen) atoms. The molecule has 1 heterocycles. The number of halogens is 2. The van der Waals surface area contributed by atoms with Crippen molar-refractivity contribution < 1.29 is 9.13 Å². The lowest BCUT2D eigenvalue weighted by Crippen LogP contribution is -2.46. The van der Waals surface area contributed by atoms with E-state index in [-0.39, 0.29) is 35.4 Å². The van der Waals surface area contributed by atoms with Crippen LogP contribution in [0.1, 0.15) is 33.3 Å². The van der Waals surface area contributed by atoms with Gasteiger partial charge in [0.05, 0.1) is 17.8 Å². The average Bonchev–Trinajstić information content (AvgIpc) is 2.70. The smallest absolute Gasteiger partial charge is 0.191 e. The molecule has 0 unspecified atom stereocenters. The molecule has 166 valence electrons. The Morgan fingerprint density at radius 2 is 1.86 bits per heavy atom. The molecule has 1 aliphatic heterocycles. The summed E-state index contributed by atoms with van der Waals surface area (Å²) < 4.78 is 20.1. The number of piperazine rings is 1. The van der Waals surface area contributed by atoms with Crippen molar-refractivity contribution in [3.05, 3.63) is 29.6 Å². The zero-order valence-corrected chi connectivity index (χ0v) is 20.8. The second-order valence-corrected chi connectivity index (χ2v) is 7.72. The van der Waals surface area contributed by atoms with Gasteiger partial charge in [-0.1, -0.05) is 13.0 Å². The van der Waals surface area contributed by atoms with Crippen molar-refractivity contribution in [2.24, 2.45) is 4.99 Å². The number of hydrogen-bond acceptors (Lipinski definition) is 4. The van der Waals surface area contributed by atoms with Crippen LogP contribution in [0.4, 0.5) is 10.1 Å². The van der Waals surface area contributed by atoms with Crippen LogP contribution in [-0.2, 0) is 11.3 Å². The average molecular weight is 521 g/mol. The van der Waals surface area contributed by atoms with Gasteiger partial charge in [0.2, 0.25) is 0 Å². The van der Waals surface area contributed by atoms with Gasteiger partial charge in [-0.2, -0.15) is 0 Å². The number of ether oxygens (including phenoxy) is 1. The molecule has 0 radical (unpaired) electrons. The zero-order valence-electron chi connectivity index (χ0n) is 18.4. The van der Waals surface area contributed by atoms with Crippen molar-refractivity contribution in [1.82, 2.24) is 15.5 Å². The minimum absolute atomic E-state index is 0. The number of likely N-dealkylation sites (N-methyl/N-ethyl adjacent to an activating group) is 1. The van der Waals surface area contributed by atoms with Crippen LogP contribution in [0.3, 0.4) is 0 Å². The molecule has 1 aromatic carbocycles. The molecule has 1 saturated heterocycles. The fraction of sp³-hybridized carbons (Fsp3) is 0.667. The summed E-state index contributed by atoms with van der Waals surface area (Å²) in [5, 5.41) is 6.49. The van der Waals surface area contributed by atoms with Crippen molar-refractivity contribution in [2.75, 3.05) is 57.8 Å². The van der Waals surface area contributed by atoms with Gasteiger partial charge in [-0.05, 0) is 45.0 Å². The summed E-state index contributed by atoms with van der Waals surface area (Å²) in [4.78, 5) is 9.10. The van der Waals surface area contributed by atoms with Gasteiger partial charge in [0.15, 0.2) is 5.96 Å². The Bertz CT molecular complexity index is 648. The van der Waals surface area contributed by atoms with Crippen LogP contribution < -0.4 is 15.5 Å². The Hall–Kier alpha value is -1.13. The number of benzene rings is 1. The predicted molar refractivity (Wildman–Crippen MR) is 130 cm³/mol. The van der Waals surface area contributed by atoms with Crippen molar-refractivity contribution in [3.8, 4) is 0 Å². The number of methoxy groups -OCH3 is 1. The summed E-state index contributed by atoms with van der Waals surface area (Å²) in [6.07, 6.45) is 0. The van der Waals surface area contributed by atoms with Gasteiger partial charge in [-0.3, -0.25) is 0 Å². The van der Waals surface area contributed by atoms with E-state index in [1.54, 1.807) is 13.2 Å². The van der Waals surface area contributed by atoms with E-state index >= 15 is 0 Å². The number of guanidine groups is 1. The van der Waals surface area contributed by atoms with E-state index in [9.17, 15) is 4.39 Å². The maximum Gasteiger partial charge on any atom is 0.191 e. The van der Waals surface area contributed by atoms with Crippen LogP contribution in [-0.4, -0.2) is 69.4 Å². The zero-order chi connectivity index (χ0) is 20.6. The number of nitrogens with zero attached hydrogens (tertiary/aromatic N) is 3. The highest BCUT2D eigenvalue weighted by molar-refractivity contribution is 14.0. The summed E-state index contributed by atoms with van der Waals surface area (Å²) in [5.74, 6) is 0.531. The molecule has 0 atom stereocenters. The highest BCUT2D eigenvalue weighted by atomic mass is 127.